The summed E-state index contributed by atoms with van der Waals surface area (Å²) >= 11 is 0. The lowest BCUT2D eigenvalue weighted by atomic mass is 9.89. The number of nitrogens with two attached hydrogens (primary N) is 2. The molecule has 0 aliphatic heterocycles. The van der Waals surface area contributed by atoms with E-state index >= 15 is 0 Å². The van der Waals surface area contributed by atoms with Crippen molar-refractivity contribution in [2.45, 2.75) is 12.5 Å². The Hall–Kier alpha value is -2.16. The van der Waals surface area contributed by atoms with Gasteiger partial charge in [0.25, 0.3) is 0 Å². The van der Waals surface area contributed by atoms with Crippen molar-refractivity contribution < 1.29 is 0 Å². The zero-order valence-corrected chi connectivity index (χ0v) is 11.8. The van der Waals surface area contributed by atoms with E-state index in [9.17, 15) is 0 Å². The lowest BCUT2D eigenvalue weighted by Crippen LogP contribution is -2.15. The summed E-state index contributed by atoms with van der Waals surface area (Å²) in [6, 6.07) is 19.6. The van der Waals surface area contributed by atoms with Crippen molar-refractivity contribution in [3.63, 3.8) is 0 Å². The fraction of sp³-hybridized carbons (Fsp3) is 0.158. The highest BCUT2D eigenvalue weighted by molar-refractivity contribution is 6.23. The molecule has 0 saturated heterocycles. The maximum atomic E-state index is 6.32. The molecule has 0 heterocycles. The molecule has 0 bridgehead atoms. The maximum Gasteiger partial charge on any atom is 0.0313 e. The summed E-state index contributed by atoms with van der Waals surface area (Å²) in [6.45, 7) is 0.614. The third kappa shape index (κ3) is 1.80. The van der Waals surface area contributed by atoms with E-state index in [0.29, 0.717) is 6.54 Å². The second-order valence-electron chi connectivity index (χ2n) is 5.69. The van der Waals surface area contributed by atoms with Crippen LogP contribution in [0.1, 0.15) is 18.0 Å². The minimum atomic E-state index is -0.000400. The number of hydrogen-bond acceptors (Lipinski definition) is 2. The molecule has 2 nitrogen and oxygen atoms in total. The van der Waals surface area contributed by atoms with Crippen LogP contribution < -0.4 is 11.5 Å². The van der Waals surface area contributed by atoms with Gasteiger partial charge in [-0.3, -0.25) is 0 Å². The highest BCUT2D eigenvalue weighted by Gasteiger charge is 2.13. The molecule has 0 aliphatic rings. The first-order chi connectivity index (χ1) is 10.3. The highest BCUT2D eigenvalue weighted by Crippen LogP contribution is 2.37. The Labute approximate surface area is 123 Å². The first-order valence-corrected chi connectivity index (χ1v) is 7.41. The molecule has 21 heavy (non-hydrogen) atoms. The molecule has 0 aromatic heterocycles. The van der Waals surface area contributed by atoms with Gasteiger partial charge >= 0.3 is 0 Å². The van der Waals surface area contributed by atoms with Crippen LogP contribution >= 0.6 is 0 Å². The van der Waals surface area contributed by atoms with Gasteiger partial charge in [-0.1, -0.05) is 54.6 Å². The quantitative estimate of drug-likeness (QED) is 0.556. The molecule has 0 saturated carbocycles. The summed E-state index contributed by atoms with van der Waals surface area (Å²) in [5.41, 5.74) is 13.2. The van der Waals surface area contributed by atoms with Gasteiger partial charge in [0.15, 0.2) is 0 Å². The monoisotopic (exact) mass is 274 g/mol. The van der Waals surface area contributed by atoms with E-state index in [4.69, 9.17) is 11.5 Å². The molecule has 0 spiro atoms. The predicted molar refractivity (Wildman–Crippen MR) is 90.7 cm³/mol. The van der Waals surface area contributed by atoms with Gasteiger partial charge in [-0.05, 0) is 50.8 Å². The van der Waals surface area contributed by atoms with Crippen LogP contribution in [-0.2, 0) is 0 Å². The van der Waals surface area contributed by atoms with Crippen molar-refractivity contribution in [1.82, 2.24) is 0 Å². The molecule has 4 aromatic carbocycles. The lowest BCUT2D eigenvalue weighted by Gasteiger charge is -2.17. The topological polar surface area (TPSA) is 52.0 Å². The summed E-state index contributed by atoms with van der Waals surface area (Å²) in [6.07, 6.45) is 0.809. The summed E-state index contributed by atoms with van der Waals surface area (Å²) in [5.74, 6) is 0. The number of hydrogen-bond donors (Lipinski definition) is 2. The van der Waals surface area contributed by atoms with Gasteiger partial charge in [0.2, 0.25) is 0 Å². The molecule has 104 valence electrons. The van der Waals surface area contributed by atoms with Crippen LogP contribution in [0.2, 0.25) is 0 Å². The zero-order valence-electron chi connectivity index (χ0n) is 11.8. The second-order valence-corrected chi connectivity index (χ2v) is 5.69. The standard InChI is InChI=1S/C19H18N2/c20-11-10-17(21)15-8-6-14-5-4-12-2-1-3-13-7-9-16(15)19(14)18(12)13/h1-9,17H,10-11,20-21H2/t17-/m1/s1. The van der Waals surface area contributed by atoms with E-state index in [1.165, 1.54) is 37.9 Å². The van der Waals surface area contributed by atoms with E-state index in [-0.39, 0.29) is 6.04 Å². The van der Waals surface area contributed by atoms with Crippen molar-refractivity contribution in [3.05, 3.63) is 60.2 Å². The van der Waals surface area contributed by atoms with Crippen LogP contribution in [-0.4, -0.2) is 6.54 Å². The Balaban J connectivity index is 2.15. The van der Waals surface area contributed by atoms with Crippen LogP contribution in [0, 0.1) is 0 Å². The summed E-state index contributed by atoms with van der Waals surface area (Å²) in [7, 11) is 0. The summed E-state index contributed by atoms with van der Waals surface area (Å²) in [5, 5.41) is 7.78. The van der Waals surface area contributed by atoms with Gasteiger partial charge in [-0.2, -0.15) is 0 Å². The SMILES string of the molecule is NCC[C@@H](N)c1ccc2ccc3cccc4ccc1c2c34. The van der Waals surface area contributed by atoms with E-state index < -0.39 is 0 Å². The third-order valence-corrected chi connectivity index (χ3v) is 4.44. The van der Waals surface area contributed by atoms with Crippen LogP contribution in [0.3, 0.4) is 0 Å². The van der Waals surface area contributed by atoms with E-state index in [0.717, 1.165) is 6.42 Å². The molecule has 4 N–H and O–H groups in total. The molecular weight excluding hydrogens is 256 g/mol. The fourth-order valence-corrected chi connectivity index (χ4v) is 3.42. The van der Waals surface area contributed by atoms with Crippen LogP contribution in [0.4, 0.5) is 0 Å². The van der Waals surface area contributed by atoms with E-state index in [1.54, 1.807) is 0 Å². The Kier molecular flexibility index (Phi) is 2.81. The Bertz CT molecular complexity index is 911. The second kappa shape index (κ2) is 4.69. The first-order valence-electron chi connectivity index (χ1n) is 7.41. The van der Waals surface area contributed by atoms with Crippen LogP contribution in [0.5, 0.6) is 0 Å². The van der Waals surface area contributed by atoms with Gasteiger partial charge in [-0.15, -0.1) is 0 Å². The molecule has 0 fully saturated rings. The Morgan fingerprint density at radius 1 is 0.762 bits per heavy atom. The van der Waals surface area contributed by atoms with Gasteiger partial charge in [0.1, 0.15) is 0 Å². The van der Waals surface area contributed by atoms with Crippen molar-refractivity contribution in [1.29, 1.82) is 0 Å². The molecule has 1 atom stereocenters. The third-order valence-electron chi connectivity index (χ3n) is 4.44. The van der Waals surface area contributed by atoms with Crippen molar-refractivity contribution in [2.24, 2.45) is 11.5 Å². The highest BCUT2D eigenvalue weighted by atomic mass is 14.7. The maximum absolute atomic E-state index is 6.32. The smallest absolute Gasteiger partial charge is 0.0313 e. The minimum Gasteiger partial charge on any atom is -0.330 e. The van der Waals surface area contributed by atoms with E-state index in [2.05, 4.69) is 54.6 Å². The fourth-order valence-electron chi connectivity index (χ4n) is 3.42. The van der Waals surface area contributed by atoms with Crippen LogP contribution in [0.15, 0.2) is 54.6 Å². The predicted octanol–water partition coefficient (Wildman–Crippen LogP) is 3.93. The molecule has 2 heteroatoms. The largest absolute Gasteiger partial charge is 0.330 e. The minimum absolute atomic E-state index is 0.000400. The summed E-state index contributed by atoms with van der Waals surface area (Å²) in [4.78, 5) is 0. The van der Waals surface area contributed by atoms with Gasteiger partial charge in [0.05, 0.1) is 0 Å². The average Bonchev–Trinajstić information content (AvgIpc) is 2.52. The Morgan fingerprint density at radius 3 is 2.10 bits per heavy atom. The molecule has 0 amide bonds. The molecule has 4 rings (SSSR count). The summed E-state index contributed by atoms with van der Waals surface area (Å²) < 4.78 is 0. The first kappa shape index (κ1) is 12.6. The Morgan fingerprint density at radius 2 is 1.38 bits per heavy atom. The van der Waals surface area contributed by atoms with Crippen LogP contribution in [0.25, 0.3) is 32.3 Å². The van der Waals surface area contributed by atoms with Crippen molar-refractivity contribution in [2.75, 3.05) is 6.54 Å². The molecule has 0 aliphatic carbocycles. The van der Waals surface area contributed by atoms with Crippen molar-refractivity contribution in [3.8, 4) is 0 Å². The van der Waals surface area contributed by atoms with Gasteiger partial charge in [0, 0.05) is 6.04 Å². The molecular formula is C19H18N2. The van der Waals surface area contributed by atoms with Crippen molar-refractivity contribution >= 4 is 32.3 Å². The molecule has 4 aromatic rings. The van der Waals surface area contributed by atoms with E-state index in [1.807, 2.05) is 0 Å². The molecule has 0 unspecified atom stereocenters. The number of rotatable bonds is 3. The zero-order chi connectivity index (χ0) is 14.4. The lowest BCUT2D eigenvalue weighted by molar-refractivity contribution is 0.666. The van der Waals surface area contributed by atoms with Gasteiger partial charge in [-0.25, -0.2) is 0 Å². The normalized spacial score (nSPS) is 13.4. The average molecular weight is 274 g/mol. The van der Waals surface area contributed by atoms with Gasteiger partial charge < -0.3 is 11.5 Å². The molecule has 0 radical (unpaired) electrons. The number of benzene rings is 4.